The van der Waals surface area contributed by atoms with Crippen molar-refractivity contribution in [3.63, 3.8) is 0 Å². The number of benzene rings is 1. The molecule has 1 rings (SSSR count). The molecule has 2 nitrogen and oxygen atoms in total. The average molecular weight is 221 g/mol. The second-order valence-corrected chi connectivity index (χ2v) is 4.36. The molecule has 0 fully saturated rings. The molecule has 0 aliphatic heterocycles. The highest BCUT2D eigenvalue weighted by Gasteiger charge is 2.04. The highest BCUT2D eigenvalue weighted by molar-refractivity contribution is 5.29. The van der Waals surface area contributed by atoms with Crippen LogP contribution in [-0.4, -0.2) is 12.1 Å². The van der Waals surface area contributed by atoms with Crippen LogP contribution in [0.4, 0.5) is 0 Å². The van der Waals surface area contributed by atoms with E-state index in [-0.39, 0.29) is 12.1 Å². The van der Waals surface area contributed by atoms with Gasteiger partial charge in [0, 0.05) is 6.04 Å². The van der Waals surface area contributed by atoms with E-state index in [0.29, 0.717) is 0 Å². The Morgan fingerprint density at radius 3 is 2.62 bits per heavy atom. The minimum Gasteiger partial charge on any atom is -0.491 e. The third kappa shape index (κ3) is 4.23. The minimum atomic E-state index is 0.249. The van der Waals surface area contributed by atoms with Crippen LogP contribution in [0.1, 0.15) is 39.2 Å². The van der Waals surface area contributed by atoms with Crippen molar-refractivity contribution < 1.29 is 4.74 Å². The molecule has 0 saturated carbocycles. The number of nitrogens with two attached hydrogens (primary N) is 1. The summed E-state index contributed by atoms with van der Waals surface area (Å²) in [5.74, 6) is 0.954. The smallest absolute Gasteiger partial charge is 0.119 e. The molecule has 0 heterocycles. The van der Waals surface area contributed by atoms with Gasteiger partial charge in [-0.15, -0.1) is 0 Å². The first kappa shape index (κ1) is 13.0. The zero-order chi connectivity index (χ0) is 12.0. The molecule has 1 aromatic rings. The van der Waals surface area contributed by atoms with Crippen LogP contribution in [0.15, 0.2) is 24.3 Å². The average Bonchev–Trinajstić information content (AvgIpc) is 2.29. The standard InChI is InChI=1S/C14H23NO/c1-4-11(3)16-14-8-6-7-12(10-14)9-13(15)5-2/h6-8,10-11,13H,4-5,9,15H2,1-3H3. The second kappa shape index (κ2) is 6.54. The molecule has 90 valence electrons. The summed E-state index contributed by atoms with van der Waals surface area (Å²) in [5, 5.41) is 0. The lowest BCUT2D eigenvalue weighted by Gasteiger charge is -2.14. The molecule has 0 amide bonds. The maximum absolute atomic E-state index is 5.94. The topological polar surface area (TPSA) is 35.2 Å². The lowest BCUT2D eigenvalue weighted by Crippen LogP contribution is -2.21. The summed E-state index contributed by atoms with van der Waals surface area (Å²) in [5.41, 5.74) is 7.20. The third-order valence-electron chi connectivity index (χ3n) is 2.83. The molecule has 1 aromatic carbocycles. The van der Waals surface area contributed by atoms with Gasteiger partial charge in [-0.3, -0.25) is 0 Å². The molecule has 0 aromatic heterocycles. The van der Waals surface area contributed by atoms with E-state index in [1.165, 1.54) is 5.56 Å². The lowest BCUT2D eigenvalue weighted by atomic mass is 10.0. The Hall–Kier alpha value is -1.02. The summed E-state index contributed by atoms with van der Waals surface area (Å²) in [7, 11) is 0. The Kier molecular flexibility index (Phi) is 5.33. The Balaban J connectivity index is 2.63. The Morgan fingerprint density at radius 2 is 2.00 bits per heavy atom. The molecule has 0 radical (unpaired) electrons. The van der Waals surface area contributed by atoms with Crippen molar-refractivity contribution >= 4 is 0 Å². The summed E-state index contributed by atoms with van der Waals surface area (Å²) in [4.78, 5) is 0. The summed E-state index contributed by atoms with van der Waals surface area (Å²) in [6.45, 7) is 6.33. The Morgan fingerprint density at radius 1 is 1.25 bits per heavy atom. The summed E-state index contributed by atoms with van der Waals surface area (Å²) < 4.78 is 5.78. The molecule has 2 N–H and O–H groups in total. The summed E-state index contributed by atoms with van der Waals surface area (Å²) >= 11 is 0. The Bertz CT molecular complexity index is 284. The molecule has 16 heavy (non-hydrogen) atoms. The van der Waals surface area contributed by atoms with E-state index in [1.807, 2.05) is 12.1 Å². The van der Waals surface area contributed by atoms with Crippen molar-refractivity contribution in [3.05, 3.63) is 29.8 Å². The van der Waals surface area contributed by atoms with Gasteiger partial charge in [0.1, 0.15) is 5.75 Å². The summed E-state index contributed by atoms with van der Waals surface area (Å²) in [6, 6.07) is 8.50. The van der Waals surface area contributed by atoms with Crippen molar-refractivity contribution in [2.75, 3.05) is 0 Å². The van der Waals surface area contributed by atoms with Crippen molar-refractivity contribution in [1.29, 1.82) is 0 Å². The van der Waals surface area contributed by atoms with Gasteiger partial charge in [0.25, 0.3) is 0 Å². The molecule has 0 spiro atoms. The van der Waals surface area contributed by atoms with E-state index < -0.39 is 0 Å². The third-order valence-corrected chi connectivity index (χ3v) is 2.83. The zero-order valence-corrected chi connectivity index (χ0v) is 10.6. The second-order valence-electron chi connectivity index (χ2n) is 4.36. The van der Waals surface area contributed by atoms with Crippen LogP contribution in [0, 0.1) is 0 Å². The predicted molar refractivity (Wildman–Crippen MR) is 68.8 cm³/mol. The van der Waals surface area contributed by atoms with Crippen LogP contribution >= 0.6 is 0 Å². The van der Waals surface area contributed by atoms with Crippen molar-refractivity contribution in [3.8, 4) is 5.75 Å². The van der Waals surface area contributed by atoms with Crippen LogP contribution in [0.3, 0.4) is 0 Å². The fourth-order valence-corrected chi connectivity index (χ4v) is 1.51. The van der Waals surface area contributed by atoms with E-state index in [0.717, 1.165) is 25.0 Å². The van der Waals surface area contributed by atoms with Crippen molar-refractivity contribution in [2.45, 2.75) is 52.2 Å². The van der Waals surface area contributed by atoms with Gasteiger partial charge < -0.3 is 10.5 Å². The first-order valence-electron chi connectivity index (χ1n) is 6.16. The molecule has 2 heteroatoms. The lowest BCUT2D eigenvalue weighted by molar-refractivity contribution is 0.217. The fraction of sp³-hybridized carbons (Fsp3) is 0.571. The van der Waals surface area contributed by atoms with E-state index in [4.69, 9.17) is 10.5 Å². The van der Waals surface area contributed by atoms with Gasteiger partial charge in [-0.05, 0) is 43.9 Å². The molecular formula is C14H23NO. The van der Waals surface area contributed by atoms with E-state index >= 15 is 0 Å². The van der Waals surface area contributed by atoms with Crippen molar-refractivity contribution in [2.24, 2.45) is 5.73 Å². The van der Waals surface area contributed by atoms with Gasteiger partial charge in [-0.1, -0.05) is 26.0 Å². The van der Waals surface area contributed by atoms with E-state index in [1.54, 1.807) is 0 Å². The van der Waals surface area contributed by atoms with Crippen molar-refractivity contribution in [1.82, 2.24) is 0 Å². The van der Waals surface area contributed by atoms with Gasteiger partial charge in [-0.25, -0.2) is 0 Å². The number of ether oxygens (including phenoxy) is 1. The molecule has 2 unspecified atom stereocenters. The quantitative estimate of drug-likeness (QED) is 0.801. The number of hydrogen-bond acceptors (Lipinski definition) is 2. The molecule has 0 bridgehead atoms. The molecule has 2 atom stereocenters. The van der Waals surface area contributed by atoms with Crippen LogP contribution in [0.25, 0.3) is 0 Å². The maximum Gasteiger partial charge on any atom is 0.119 e. The molecule has 0 aliphatic rings. The van der Waals surface area contributed by atoms with Gasteiger partial charge >= 0.3 is 0 Å². The maximum atomic E-state index is 5.94. The highest BCUT2D eigenvalue weighted by atomic mass is 16.5. The molecule has 0 saturated heterocycles. The highest BCUT2D eigenvalue weighted by Crippen LogP contribution is 2.17. The van der Waals surface area contributed by atoms with Gasteiger partial charge in [-0.2, -0.15) is 0 Å². The zero-order valence-electron chi connectivity index (χ0n) is 10.6. The first-order chi connectivity index (χ1) is 7.65. The number of rotatable bonds is 6. The molecule has 0 aliphatic carbocycles. The fourth-order valence-electron chi connectivity index (χ4n) is 1.51. The van der Waals surface area contributed by atoms with E-state index in [2.05, 4.69) is 32.9 Å². The van der Waals surface area contributed by atoms with Gasteiger partial charge in [0.2, 0.25) is 0 Å². The van der Waals surface area contributed by atoms with E-state index in [9.17, 15) is 0 Å². The minimum absolute atomic E-state index is 0.249. The van der Waals surface area contributed by atoms with Gasteiger partial charge in [0.15, 0.2) is 0 Å². The monoisotopic (exact) mass is 221 g/mol. The van der Waals surface area contributed by atoms with Crippen LogP contribution in [-0.2, 0) is 6.42 Å². The summed E-state index contributed by atoms with van der Waals surface area (Å²) in [6.07, 6.45) is 3.23. The van der Waals surface area contributed by atoms with Crippen LogP contribution in [0.5, 0.6) is 5.75 Å². The van der Waals surface area contributed by atoms with Gasteiger partial charge in [0.05, 0.1) is 6.10 Å². The Labute approximate surface area is 98.8 Å². The van der Waals surface area contributed by atoms with Crippen LogP contribution < -0.4 is 10.5 Å². The van der Waals surface area contributed by atoms with Crippen LogP contribution in [0.2, 0.25) is 0 Å². The largest absolute Gasteiger partial charge is 0.491 e. The SMILES string of the molecule is CCC(N)Cc1cccc(OC(C)CC)c1. The molecular weight excluding hydrogens is 198 g/mol. The number of hydrogen-bond donors (Lipinski definition) is 1. The normalized spacial score (nSPS) is 14.5. The first-order valence-corrected chi connectivity index (χ1v) is 6.16. The predicted octanol–water partition coefficient (Wildman–Crippen LogP) is 3.14.